The zero-order chi connectivity index (χ0) is 17.9. The molecule has 1 unspecified atom stereocenters. The van der Waals surface area contributed by atoms with E-state index in [2.05, 4.69) is 10.3 Å². The van der Waals surface area contributed by atoms with Crippen LogP contribution in [-0.4, -0.2) is 35.5 Å². The van der Waals surface area contributed by atoms with Crippen molar-refractivity contribution in [3.05, 3.63) is 29.3 Å². The van der Waals surface area contributed by atoms with Gasteiger partial charge in [0.1, 0.15) is 0 Å². The van der Waals surface area contributed by atoms with Crippen LogP contribution in [0.5, 0.6) is 0 Å². The maximum Gasteiger partial charge on any atom is 0.349 e. The molecule has 0 saturated heterocycles. The summed E-state index contributed by atoms with van der Waals surface area (Å²) in [4.78, 5) is 40.8. The van der Waals surface area contributed by atoms with E-state index in [1.807, 2.05) is 32.0 Å². The van der Waals surface area contributed by atoms with Crippen molar-refractivity contribution in [1.82, 2.24) is 4.90 Å². The van der Waals surface area contributed by atoms with Gasteiger partial charge in [0, 0.05) is 24.9 Å². The summed E-state index contributed by atoms with van der Waals surface area (Å²) < 4.78 is 0. The highest BCUT2D eigenvalue weighted by Gasteiger charge is 2.33. The lowest BCUT2D eigenvalue weighted by Gasteiger charge is -2.25. The van der Waals surface area contributed by atoms with Gasteiger partial charge in [-0.25, -0.2) is 9.79 Å². The number of nitrogens with zero attached hydrogens (tertiary/aromatic N) is 2. The molecule has 0 aliphatic carbocycles. The van der Waals surface area contributed by atoms with E-state index in [4.69, 9.17) is 0 Å². The van der Waals surface area contributed by atoms with Gasteiger partial charge in [0.25, 0.3) is 0 Å². The molecule has 4 amide bonds. The third-order valence-electron chi connectivity index (χ3n) is 4.36. The van der Waals surface area contributed by atoms with Crippen molar-refractivity contribution in [2.24, 2.45) is 10.9 Å². The van der Waals surface area contributed by atoms with Gasteiger partial charge < -0.3 is 5.32 Å². The summed E-state index contributed by atoms with van der Waals surface area (Å²) in [6.07, 6.45) is 1.37. The number of aliphatic imine (C=N–C) groups is 1. The molecule has 1 aromatic carbocycles. The maximum atomic E-state index is 12.3. The van der Waals surface area contributed by atoms with Gasteiger partial charge in [0.05, 0.1) is 5.92 Å². The molecule has 1 aliphatic rings. The minimum atomic E-state index is -0.550. The van der Waals surface area contributed by atoms with E-state index in [0.717, 1.165) is 28.1 Å². The summed E-state index contributed by atoms with van der Waals surface area (Å²) >= 11 is 0. The lowest BCUT2D eigenvalue weighted by atomic mass is 9.95. The summed E-state index contributed by atoms with van der Waals surface area (Å²) in [6.45, 7) is 5.65. The van der Waals surface area contributed by atoms with Crippen molar-refractivity contribution in [3.8, 4) is 0 Å². The Kier molecular flexibility index (Phi) is 5.49. The Hall–Kier alpha value is -2.50. The molecule has 0 aromatic heterocycles. The van der Waals surface area contributed by atoms with Crippen LogP contribution >= 0.6 is 0 Å². The zero-order valence-corrected chi connectivity index (χ0v) is 14.5. The molecule has 1 aliphatic heterocycles. The molecule has 0 radical (unpaired) electrons. The normalized spacial score (nSPS) is 17.8. The lowest BCUT2D eigenvalue weighted by Crippen LogP contribution is -2.43. The monoisotopic (exact) mass is 329 g/mol. The Morgan fingerprint density at radius 1 is 1.29 bits per heavy atom. The van der Waals surface area contributed by atoms with Crippen molar-refractivity contribution in [2.75, 3.05) is 12.4 Å². The molecule has 6 nitrogen and oxygen atoms in total. The largest absolute Gasteiger partial charge is 0.349 e. The Bertz CT molecular complexity index is 709. The Morgan fingerprint density at radius 3 is 2.67 bits per heavy atom. The number of hydrogen-bond donors (Lipinski definition) is 1. The SMILES string of the molecule is CCc1cccc(C)c1NC(=O)CCC1C(=O)N(C)C(=O)N=C1C. The van der Waals surface area contributed by atoms with Crippen molar-refractivity contribution >= 4 is 29.2 Å². The summed E-state index contributed by atoms with van der Waals surface area (Å²) in [7, 11) is 1.41. The first kappa shape index (κ1) is 17.8. The quantitative estimate of drug-likeness (QED) is 0.902. The number of nitrogens with one attached hydrogen (secondary N) is 1. The van der Waals surface area contributed by atoms with Gasteiger partial charge in [-0.15, -0.1) is 0 Å². The lowest BCUT2D eigenvalue weighted by molar-refractivity contribution is -0.129. The average Bonchev–Trinajstić information content (AvgIpc) is 2.54. The Morgan fingerprint density at radius 2 is 2.00 bits per heavy atom. The molecular weight excluding hydrogens is 306 g/mol. The number of aryl methyl sites for hydroxylation is 2. The molecule has 24 heavy (non-hydrogen) atoms. The first-order chi connectivity index (χ1) is 11.3. The first-order valence-corrected chi connectivity index (χ1v) is 8.10. The average molecular weight is 329 g/mol. The summed E-state index contributed by atoms with van der Waals surface area (Å²) in [5.74, 6) is -0.953. The number of benzene rings is 1. The van der Waals surface area contributed by atoms with E-state index in [-0.39, 0.29) is 18.2 Å². The third-order valence-corrected chi connectivity index (χ3v) is 4.36. The second-order valence-electron chi connectivity index (χ2n) is 6.04. The number of amides is 4. The maximum absolute atomic E-state index is 12.3. The predicted octanol–water partition coefficient (Wildman–Crippen LogP) is 2.95. The van der Waals surface area contributed by atoms with Crippen molar-refractivity contribution in [2.45, 2.75) is 40.0 Å². The highest BCUT2D eigenvalue weighted by atomic mass is 16.2. The Balaban J connectivity index is 2.03. The van der Waals surface area contributed by atoms with Crippen LogP contribution in [0.3, 0.4) is 0 Å². The third kappa shape index (κ3) is 3.69. The van der Waals surface area contributed by atoms with E-state index < -0.39 is 11.9 Å². The number of rotatable bonds is 5. The molecule has 128 valence electrons. The zero-order valence-electron chi connectivity index (χ0n) is 14.5. The number of para-hydroxylation sites is 1. The van der Waals surface area contributed by atoms with Crippen LogP contribution in [0.2, 0.25) is 0 Å². The van der Waals surface area contributed by atoms with Crippen LogP contribution in [0.1, 0.15) is 37.8 Å². The van der Waals surface area contributed by atoms with Crippen LogP contribution < -0.4 is 5.32 Å². The standard InChI is InChI=1S/C18H23N3O3/c1-5-13-8-6-7-11(2)16(13)20-15(22)10-9-14-12(3)19-18(24)21(4)17(14)23/h6-8,14H,5,9-10H2,1-4H3,(H,20,22). The second-order valence-corrected chi connectivity index (χ2v) is 6.04. The number of anilines is 1. The van der Waals surface area contributed by atoms with E-state index in [0.29, 0.717) is 12.1 Å². The topological polar surface area (TPSA) is 78.8 Å². The van der Waals surface area contributed by atoms with Crippen LogP contribution in [0.4, 0.5) is 10.5 Å². The smallest absolute Gasteiger partial charge is 0.326 e. The van der Waals surface area contributed by atoms with Gasteiger partial charge in [-0.1, -0.05) is 25.1 Å². The highest BCUT2D eigenvalue weighted by molar-refractivity contribution is 6.15. The predicted molar refractivity (Wildman–Crippen MR) is 93.2 cm³/mol. The number of imide groups is 1. The molecular formula is C18H23N3O3. The van der Waals surface area contributed by atoms with Gasteiger partial charge in [-0.05, 0) is 37.8 Å². The molecule has 0 fully saturated rings. The summed E-state index contributed by atoms with van der Waals surface area (Å²) in [6, 6.07) is 5.37. The van der Waals surface area contributed by atoms with Gasteiger partial charge in [-0.3, -0.25) is 14.5 Å². The molecule has 1 N–H and O–H groups in total. The number of carbonyl (C=O) groups is 3. The van der Waals surface area contributed by atoms with Gasteiger partial charge in [0.15, 0.2) is 0 Å². The fourth-order valence-corrected chi connectivity index (χ4v) is 2.82. The number of urea groups is 1. The Labute approximate surface area is 141 Å². The van der Waals surface area contributed by atoms with Gasteiger partial charge in [0.2, 0.25) is 11.8 Å². The molecule has 0 bridgehead atoms. The van der Waals surface area contributed by atoms with Crippen LogP contribution in [-0.2, 0) is 16.0 Å². The second kappa shape index (κ2) is 7.38. The van der Waals surface area contributed by atoms with E-state index in [9.17, 15) is 14.4 Å². The summed E-state index contributed by atoms with van der Waals surface area (Å²) in [5.41, 5.74) is 3.42. The van der Waals surface area contributed by atoms with Crippen LogP contribution in [0, 0.1) is 12.8 Å². The molecule has 6 heteroatoms. The molecule has 1 atom stereocenters. The fraction of sp³-hybridized carbons (Fsp3) is 0.444. The first-order valence-electron chi connectivity index (χ1n) is 8.10. The molecule has 0 saturated carbocycles. The number of carbonyl (C=O) groups excluding carboxylic acids is 3. The minimum absolute atomic E-state index is 0.140. The van der Waals surface area contributed by atoms with E-state index in [1.54, 1.807) is 6.92 Å². The molecule has 2 rings (SSSR count). The van der Waals surface area contributed by atoms with Crippen molar-refractivity contribution in [1.29, 1.82) is 0 Å². The fourth-order valence-electron chi connectivity index (χ4n) is 2.82. The summed E-state index contributed by atoms with van der Waals surface area (Å²) in [5, 5.41) is 2.95. The van der Waals surface area contributed by atoms with Crippen molar-refractivity contribution < 1.29 is 14.4 Å². The van der Waals surface area contributed by atoms with Gasteiger partial charge in [-0.2, -0.15) is 0 Å². The highest BCUT2D eigenvalue weighted by Crippen LogP contribution is 2.23. The van der Waals surface area contributed by atoms with Gasteiger partial charge >= 0.3 is 6.03 Å². The van der Waals surface area contributed by atoms with Crippen LogP contribution in [0.25, 0.3) is 0 Å². The molecule has 1 heterocycles. The van der Waals surface area contributed by atoms with Crippen molar-refractivity contribution in [3.63, 3.8) is 0 Å². The minimum Gasteiger partial charge on any atom is -0.326 e. The molecule has 0 spiro atoms. The van der Waals surface area contributed by atoms with E-state index in [1.165, 1.54) is 7.05 Å². The van der Waals surface area contributed by atoms with E-state index >= 15 is 0 Å². The number of hydrogen-bond acceptors (Lipinski definition) is 3. The van der Waals surface area contributed by atoms with Crippen LogP contribution in [0.15, 0.2) is 23.2 Å². The molecule has 1 aromatic rings.